The summed E-state index contributed by atoms with van der Waals surface area (Å²) in [6.07, 6.45) is 16.6. The zero-order valence-corrected chi connectivity index (χ0v) is 83.8. The lowest BCUT2D eigenvalue weighted by Crippen LogP contribution is -2.37. The first kappa shape index (κ1) is 107. The molecule has 1 fully saturated rings. The topological polar surface area (TPSA) is 479 Å². The Morgan fingerprint density at radius 1 is 0.646 bits per heavy atom. The quantitative estimate of drug-likeness (QED) is 0.00303. The molecule has 6 heterocycles. The number of anilines is 4. The number of aryl methyl sites for hydroxylation is 4. The number of halogens is 1. The van der Waals surface area contributed by atoms with Crippen molar-refractivity contribution in [1.29, 1.82) is 10.5 Å². The summed E-state index contributed by atoms with van der Waals surface area (Å²) in [5.41, 5.74) is 6.24. The zero-order valence-electron chi connectivity index (χ0n) is 82.2. The number of unbranched alkanes of at least 4 members (excludes halogenated alkanes) is 3. The highest BCUT2D eigenvalue weighted by Crippen LogP contribution is 2.39. The molecule has 6 aromatic heterocycles. The van der Waals surface area contributed by atoms with E-state index < -0.39 is 91.9 Å². The minimum atomic E-state index is -3.93. The number of nitro groups is 1. The summed E-state index contributed by atoms with van der Waals surface area (Å²) in [5, 5.41) is 50.2. The second-order valence-electron chi connectivity index (χ2n) is 34.4. The van der Waals surface area contributed by atoms with E-state index in [4.69, 9.17) is 46.9 Å². The number of rotatable bonds is 41. The highest BCUT2D eigenvalue weighted by atomic mass is 35.5. The number of carbonyl (C=O) groups is 9. The smallest absolute Gasteiger partial charge is 0.389 e. The number of nitrogens with one attached hydrogen (secondary N) is 6. The van der Waals surface area contributed by atoms with Crippen molar-refractivity contribution in [3.63, 3.8) is 0 Å². The number of ketones is 3. The Kier molecular flexibility index (Phi) is 36.3. The molecule has 1 aliphatic rings. The molecule has 0 spiro atoms. The summed E-state index contributed by atoms with van der Waals surface area (Å²) in [5.74, 6) is -6.25. The van der Waals surface area contributed by atoms with Crippen molar-refractivity contribution in [3.8, 4) is 40.8 Å². The number of Topliss-reactive ketones (excluding diaryl/α,β-unsaturated/α-hetero) is 3. The maximum atomic E-state index is 14.8. The summed E-state index contributed by atoms with van der Waals surface area (Å²) in [6, 6.07) is 51.6. The standard InChI is InChI=1S/C45H47N7O7.C32H37N7O6S.C30H24ClN5O6/c1-4-5-20-39(59-37-23-21-29(2)27-30(37)3)44(54)46-31-22-24-38(58-33-16-10-7-11-17-33)35(28-31)48-45(55)41(50-26-25-40(49-50)52(56)57)42(53)43-47-34-18-12-13-19-36(34)51(43)32-14-8-6-9-15-32;1-5-7-15-35-31(41)26-19-34-20-39(26)29(30(40)28-23(18-33)22-11-9-10-12-25(22)38(28)3)32(42)37-24-17-21(13-14-27(24)45-4)46(43,44)36-16-8-6-2;1-18-10-11-22(31)23(12-18)34-29(38)27(35-14-19(13-32)24(16-35)33-2)28(37)26-25(30(39)40-3)20(17-42-41-4)15-36(26)21-8-6-5-7-9-21/h6,8-9,12-15,18-19,21-28,33,39,41H,4-5,7,10-11,16-17,20H2,1-3H3,(H,46,54)(H,48,55);9-14,17,19-20,29,36H,5-8,15-16H2,1-4H3,(H,35,41)(H,37,42);5-12,14-16,27H,17H2,1,3-4H3,(H,34,38). The summed E-state index contributed by atoms with van der Waals surface area (Å²) < 4.78 is 59.5. The third-order valence-electron chi connectivity index (χ3n) is 24.2. The highest BCUT2D eigenvalue weighted by Gasteiger charge is 2.42. The lowest BCUT2D eigenvalue weighted by atomic mass is 9.98. The van der Waals surface area contributed by atoms with E-state index in [2.05, 4.69) is 57.3 Å². The molecule has 15 rings (SSSR count). The fraction of sp³-hybridized carbons (Fsp3) is 0.280. The van der Waals surface area contributed by atoms with E-state index >= 15 is 0 Å². The molecular weight excluding hydrogens is 1920 g/mol. The Morgan fingerprint density at radius 2 is 1.28 bits per heavy atom. The lowest BCUT2D eigenvalue weighted by Gasteiger charge is -2.25. The van der Waals surface area contributed by atoms with Gasteiger partial charge >= 0.3 is 11.8 Å². The number of imidazole rings is 2. The van der Waals surface area contributed by atoms with Crippen LogP contribution in [0.15, 0.2) is 230 Å². The van der Waals surface area contributed by atoms with E-state index in [-0.39, 0.29) is 109 Å². The van der Waals surface area contributed by atoms with Crippen molar-refractivity contribution in [2.24, 2.45) is 7.05 Å². The van der Waals surface area contributed by atoms with Gasteiger partial charge in [0.05, 0.1) is 125 Å². The van der Waals surface area contributed by atoms with Gasteiger partial charge in [-0.25, -0.2) is 42.5 Å². The van der Waals surface area contributed by atoms with Gasteiger partial charge in [0.15, 0.2) is 24.0 Å². The number of ether oxygens (including phenoxy) is 4. The SMILES string of the molecule is CCCCC(Oc1ccc(C)cc1C)C(=O)Nc1ccc(OC2CCCCC2)c(NC(=O)C(C(=O)c2nc3ccccc3n2-c2ccccc2)n2ccc([N+](=O)[O-])n2)c1.CCCCNC(=O)c1cncn1C(C(=O)Nc1cc(S(=O)(=O)NCCCC)ccc1OC)C(=O)c1c(C#N)c2ccccc2n1C.[C-]#[N+]c1cn(C(C(=O)Nc2cc(C)ccc2Cl)C(=O)c2c(C(=O)OC)c(COOC)cn2-c2ccccc2)cc1C#N. The van der Waals surface area contributed by atoms with Crippen LogP contribution in [0.25, 0.3) is 38.2 Å². The van der Waals surface area contributed by atoms with Crippen molar-refractivity contribution in [2.45, 2.75) is 160 Å². The molecule has 0 saturated heterocycles. The lowest BCUT2D eigenvalue weighted by molar-refractivity contribution is -0.389. The molecule has 0 bridgehead atoms. The number of para-hydroxylation sites is 5. The van der Waals surface area contributed by atoms with E-state index in [0.29, 0.717) is 69.9 Å². The fourth-order valence-corrected chi connectivity index (χ4v) is 18.1. The third-order valence-corrected chi connectivity index (χ3v) is 26.0. The van der Waals surface area contributed by atoms with Crippen molar-refractivity contribution in [3.05, 3.63) is 314 Å². The number of esters is 1. The number of aromatic nitrogens is 9. The van der Waals surface area contributed by atoms with Crippen molar-refractivity contribution >= 4 is 131 Å². The molecular formula is C107H108ClN19O19S. The van der Waals surface area contributed by atoms with E-state index in [1.165, 1.54) is 83.4 Å². The number of hydrogen-bond donors (Lipinski definition) is 6. The number of fused-ring (bicyclic) bond motifs is 2. The van der Waals surface area contributed by atoms with Crippen LogP contribution in [0.4, 0.5) is 34.3 Å². The van der Waals surface area contributed by atoms with Gasteiger partial charge in [-0.3, -0.25) is 42.9 Å². The minimum absolute atomic E-state index is 0.0183. The van der Waals surface area contributed by atoms with Crippen molar-refractivity contribution in [2.75, 3.05) is 55.7 Å². The molecule has 0 aliphatic heterocycles. The van der Waals surface area contributed by atoms with Gasteiger partial charge in [0.25, 0.3) is 29.5 Å². The van der Waals surface area contributed by atoms with Gasteiger partial charge in [0.1, 0.15) is 47.0 Å². The van der Waals surface area contributed by atoms with E-state index in [9.17, 15) is 72.2 Å². The number of methoxy groups -OCH3 is 2. The first-order valence-electron chi connectivity index (χ1n) is 47.3. The van der Waals surface area contributed by atoms with E-state index in [1.54, 1.807) is 122 Å². The van der Waals surface area contributed by atoms with Crippen molar-refractivity contribution < 1.29 is 85.2 Å². The molecule has 1 saturated carbocycles. The van der Waals surface area contributed by atoms with Crippen LogP contribution in [-0.4, -0.2) is 155 Å². The molecule has 5 amide bonds. The Morgan fingerprint density at radius 3 is 1.94 bits per heavy atom. The Hall–Kier alpha value is -17.0. The van der Waals surface area contributed by atoms with Crippen LogP contribution in [0, 0.1) is 60.1 Å². The average molecular weight is 2030 g/mol. The number of benzene rings is 8. The van der Waals surface area contributed by atoms with E-state index in [1.807, 2.05) is 101 Å². The van der Waals surface area contributed by atoms with Gasteiger partial charge in [-0.2, -0.15) is 15.2 Å². The second kappa shape index (κ2) is 49.8. The number of hydrogen-bond acceptors (Lipinski definition) is 24. The molecule has 1 aliphatic carbocycles. The number of nitriles is 2. The first-order valence-corrected chi connectivity index (χ1v) is 49.2. The summed E-state index contributed by atoms with van der Waals surface area (Å²) in [4.78, 5) is 160. The van der Waals surface area contributed by atoms with Gasteiger partial charge < -0.3 is 73.9 Å². The maximum Gasteiger partial charge on any atom is 0.389 e. The molecule has 4 unspecified atom stereocenters. The Balaban J connectivity index is 0.000000188. The second-order valence-corrected chi connectivity index (χ2v) is 36.6. The predicted octanol–water partition coefficient (Wildman–Crippen LogP) is 18.6. The largest absolute Gasteiger partial charge is 0.495 e. The van der Waals surface area contributed by atoms with Crippen LogP contribution in [0.1, 0.15) is 202 Å². The number of carbonyl (C=O) groups excluding carboxylic acids is 9. The predicted molar refractivity (Wildman–Crippen MR) is 549 cm³/mol. The summed E-state index contributed by atoms with van der Waals surface area (Å²) in [6.45, 7) is 19.5. The van der Waals surface area contributed by atoms with Crippen LogP contribution in [-0.2, 0) is 57.4 Å². The van der Waals surface area contributed by atoms with Crippen LogP contribution in [0.3, 0.4) is 0 Å². The fourth-order valence-electron chi connectivity index (χ4n) is 16.9. The van der Waals surface area contributed by atoms with Crippen LogP contribution < -0.4 is 45.5 Å². The molecule has 4 atom stereocenters. The monoisotopic (exact) mass is 2030 g/mol. The molecule has 8 aromatic carbocycles. The van der Waals surface area contributed by atoms with Crippen LogP contribution in [0.5, 0.6) is 17.2 Å². The molecule has 6 N–H and O–H groups in total. The summed E-state index contributed by atoms with van der Waals surface area (Å²) in [7, 11) is 1.49. The van der Waals surface area contributed by atoms with Crippen LogP contribution in [0.2, 0.25) is 5.02 Å². The zero-order chi connectivity index (χ0) is 105. The average Bonchev–Trinajstić information content (AvgIpc) is 1.61. The van der Waals surface area contributed by atoms with Gasteiger partial charge in [-0.15, -0.1) is 0 Å². The van der Waals surface area contributed by atoms with Gasteiger partial charge in [-0.1, -0.05) is 149 Å². The molecule has 14 aromatic rings. The first-order chi connectivity index (χ1) is 70.9. The maximum absolute atomic E-state index is 14.8. The van der Waals surface area contributed by atoms with Crippen LogP contribution >= 0.6 is 11.6 Å². The Bertz CT molecular complexity index is 7470. The molecule has 38 nitrogen and oxygen atoms in total. The Labute approximate surface area is 851 Å². The molecule has 0 radical (unpaired) electrons. The minimum Gasteiger partial charge on any atom is -0.495 e. The van der Waals surface area contributed by atoms with Gasteiger partial charge in [-0.05, 0) is 185 Å². The summed E-state index contributed by atoms with van der Waals surface area (Å²) >= 11 is 6.32. The normalized spacial score (nSPS) is 12.6. The third kappa shape index (κ3) is 25.2. The molecule has 40 heteroatoms. The van der Waals surface area contributed by atoms with Gasteiger partial charge in [0, 0.05) is 72.3 Å². The number of amides is 5. The van der Waals surface area contributed by atoms with Gasteiger partial charge in [0.2, 0.25) is 39.1 Å². The molecule has 758 valence electrons. The van der Waals surface area contributed by atoms with E-state index in [0.717, 1.165) is 103 Å². The number of nitrogens with zero attached hydrogens (tertiary/aromatic N) is 13. The van der Waals surface area contributed by atoms with Crippen molar-refractivity contribution in [1.82, 2.24) is 52.6 Å². The number of sulfonamides is 1. The highest BCUT2D eigenvalue weighted by molar-refractivity contribution is 7.89. The molecule has 147 heavy (non-hydrogen) atoms.